The van der Waals surface area contributed by atoms with Crippen molar-refractivity contribution in [1.29, 1.82) is 0 Å². The summed E-state index contributed by atoms with van der Waals surface area (Å²) in [5.41, 5.74) is -1.52. The van der Waals surface area contributed by atoms with E-state index in [2.05, 4.69) is 10.6 Å². The van der Waals surface area contributed by atoms with Gasteiger partial charge in [-0.2, -0.15) is 4.31 Å². The Hall–Kier alpha value is -2.14. The lowest BCUT2D eigenvalue weighted by Gasteiger charge is -2.23. The number of aromatic hydroxyl groups is 1. The number of rotatable bonds is 11. The summed E-state index contributed by atoms with van der Waals surface area (Å²) in [7, 11) is -2.54. The lowest BCUT2D eigenvalue weighted by Crippen LogP contribution is -2.40. The second kappa shape index (κ2) is 9.78. The molecular weight excluding hydrogens is 434 g/mol. The lowest BCUT2D eigenvalue weighted by atomic mass is 10.1. The van der Waals surface area contributed by atoms with Crippen molar-refractivity contribution in [2.24, 2.45) is 0 Å². The van der Waals surface area contributed by atoms with Gasteiger partial charge in [0, 0.05) is 26.2 Å². The molecule has 2 rings (SSSR count). The average Bonchev–Trinajstić information content (AvgIpc) is 2.71. The molecule has 0 aliphatic rings. The molecule has 0 saturated carbocycles. The molecule has 166 valence electrons. The Kier molecular flexibility index (Phi) is 7.87. The first kappa shape index (κ1) is 24.1. The molecule has 0 spiro atoms. The normalized spacial score (nSPS) is 13.0. The molecule has 3 N–H and O–H groups in total. The molecule has 0 amide bonds. The number of halogens is 1. The molecule has 11 heteroatoms. The summed E-state index contributed by atoms with van der Waals surface area (Å²) in [6.07, 6.45) is 0.643. The zero-order valence-electron chi connectivity index (χ0n) is 17.3. The SMILES string of the molecule is CC[C@H](COC)Nc1c(Nc2ccc(Cl)c(S(=O)(=O)N(CC)CC)c2O)c(=O)c1=O. The predicted octanol–water partition coefficient (Wildman–Crippen LogP) is 2.25. The van der Waals surface area contributed by atoms with E-state index in [4.69, 9.17) is 16.3 Å². The van der Waals surface area contributed by atoms with Crippen LogP contribution in [0.25, 0.3) is 0 Å². The van der Waals surface area contributed by atoms with Crippen molar-refractivity contribution < 1.29 is 18.3 Å². The quantitative estimate of drug-likeness (QED) is 0.345. The fourth-order valence-corrected chi connectivity index (χ4v) is 5.09. The third-order valence-electron chi connectivity index (χ3n) is 4.77. The number of methoxy groups -OCH3 is 1. The lowest BCUT2D eigenvalue weighted by molar-refractivity contribution is 0.184. The molecule has 0 aliphatic heterocycles. The highest BCUT2D eigenvalue weighted by atomic mass is 35.5. The van der Waals surface area contributed by atoms with Crippen LogP contribution in [0.4, 0.5) is 17.1 Å². The van der Waals surface area contributed by atoms with Gasteiger partial charge in [0.25, 0.3) is 10.9 Å². The van der Waals surface area contributed by atoms with Gasteiger partial charge in [0.1, 0.15) is 16.3 Å². The van der Waals surface area contributed by atoms with Gasteiger partial charge >= 0.3 is 0 Å². The number of benzene rings is 1. The van der Waals surface area contributed by atoms with E-state index in [1.165, 1.54) is 19.2 Å². The van der Waals surface area contributed by atoms with Crippen LogP contribution < -0.4 is 21.5 Å². The monoisotopic (exact) mass is 459 g/mol. The van der Waals surface area contributed by atoms with Crippen LogP contribution in [-0.4, -0.2) is 50.7 Å². The number of ether oxygens (including phenoxy) is 1. The first-order valence-electron chi connectivity index (χ1n) is 9.51. The molecule has 9 nitrogen and oxygen atoms in total. The Labute approximate surface area is 180 Å². The molecule has 2 aromatic rings. The number of phenols is 1. The van der Waals surface area contributed by atoms with Gasteiger partial charge in [0.2, 0.25) is 10.0 Å². The van der Waals surface area contributed by atoms with E-state index in [-0.39, 0.29) is 41.2 Å². The molecule has 0 aromatic heterocycles. The fraction of sp³-hybridized carbons (Fsp3) is 0.474. The molecule has 0 heterocycles. The maximum Gasteiger partial charge on any atom is 0.253 e. The first-order chi connectivity index (χ1) is 14.1. The number of hydrogen-bond donors (Lipinski definition) is 3. The van der Waals surface area contributed by atoms with Crippen molar-refractivity contribution in [3.05, 3.63) is 37.6 Å². The molecule has 0 bridgehead atoms. The van der Waals surface area contributed by atoms with Crippen LogP contribution in [0, 0.1) is 0 Å². The van der Waals surface area contributed by atoms with Gasteiger partial charge < -0.3 is 20.5 Å². The second-order valence-corrected chi connectivity index (χ2v) is 8.88. The number of sulfonamides is 1. The molecule has 0 unspecified atom stereocenters. The van der Waals surface area contributed by atoms with Gasteiger partial charge in [0.15, 0.2) is 5.75 Å². The minimum Gasteiger partial charge on any atom is -0.504 e. The van der Waals surface area contributed by atoms with Crippen LogP contribution in [0.3, 0.4) is 0 Å². The minimum atomic E-state index is -4.07. The molecule has 30 heavy (non-hydrogen) atoms. The molecule has 0 fully saturated rings. The highest BCUT2D eigenvalue weighted by Gasteiger charge is 2.31. The Bertz CT molecular complexity index is 1070. The Morgan fingerprint density at radius 3 is 2.27 bits per heavy atom. The van der Waals surface area contributed by atoms with Gasteiger partial charge in [-0.1, -0.05) is 32.4 Å². The minimum absolute atomic E-state index is 0.0555. The third kappa shape index (κ3) is 4.46. The van der Waals surface area contributed by atoms with Gasteiger partial charge in [0.05, 0.1) is 17.3 Å². The zero-order valence-corrected chi connectivity index (χ0v) is 18.9. The Balaban J connectivity index is 2.47. The van der Waals surface area contributed by atoms with Crippen LogP contribution in [0.15, 0.2) is 26.6 Å². The summed E-state index contributed by atoms with van der Waals surface area (Å²) < 4.78 is 32.0. The van der Waals surface area contributed by atoms with Gasteiger partial charge in [-0.3, -0.25) is 9.59 Å². The van der Waals surface area contributed by atoms with Crippen LogP contribution in [0.1, 0.15) is 27.2 Å². The van der Waals surface area contributed by atoms with Crippen molar-refractivity contribution in [2.45, 2.75) is 38.1 Å². The van der Waals surface area contributed by atoms with Crippen LogP contribution in [0.5, 0.6) is 5.75 Å². The zero-order chi connectivity index (χ0) is 22.6. The van der Waals surface area contributed by atoms with Gasteiger partial charge in [-0.25, -0.2) is 8.42 Å². The highest BCUT2D eigenvalue weighted by Crippen LogP contribution is 2.40. The summed E-state index contributed by atoms with van der Waals surface area (Å²) in [4.78, 5) is 23.6. The summed E-state index contributed by atoms with van der Waals surface area (Å²) in [5.74, 6) is -0.627. The summed E-state index contributed by atoms with van der Waals surface area (Å²) >= 11 is 6.08. The standard InChI is InChI=1S/C19H26ClN3O6S/c1-5-11(10-29-4)21-14-15(18(26)17(14)25)22-13-9-8-12(20)19(16(13)24)30(27,28)23(6-2)7-3/h8-9,11,21-22,24H,5-7,10H2,1-4H3/t11-/m1/s1. The molecule has 0 saturated heterocycles. The number of anilines is 3. The summed E-state index contributed by atoms with van der Waals surface area (Å²) in [5, 5.41) is 16.1. The van der Waals surface area contributed by atoms with E-state index in [0.29, 0.717) is 13.0 Å². The van der Waals surface area contributed by atoms with Crippen LogP contribution in [0.2, 0.25) is 5.02 Å². The van der Waals surface area contributed by atoms with E-state index < -0.39 is 31.5 Å². The third-order valence-corrected chi connectivity index (χ3v) is 7.32. The number of nitrogens with one attached hydrogen (secondary N) is 2. The molecule has 0 radical (unpaired) electrons. The second-order valence-electron chi connectivity index (χ2n) is 6.60. The average molecular weight is 460 g/mol. The maximum absolute atomic E-state index is 12.9. The largest absolute Gasteiger partial charge is 0.504 e. The van der Waals surface area contributed by atoms with E-state index in [1.807, 2.05) is 6.92 Å². The van der Waals surface area contributed by atoms with Gasteiger partial charge in [-0.15, -0.1) is 0 Å². The molecule has 1 atom stereocenters. The number of hydrogen-bond acceptors (Lipinski definition) is 8. The van der Waals surface area contributed by atoms with E-state index >= 15 is 0 Å². The Morgan fingerprint density at radius 2 is 1.73 bits per heavy atom. The number of phenolic OH excluding ortho intramolecular Hbond substituents is 1. The van der Waals surface area contributed by atoms with Crippen molar-refractivity contribution in [3.63, 3.8) is 0 Å². The van der Waals surface area contributed by atoms with E-state index in [0.717, 1.165) is 4.31 Å². The molecule has 2 aromatic carbocycles. The maximum atomic E-state index is 12.9. The van der Waals surface area contributed by atoms with Crippen molar-refractivity contribution in [2.75, 3.05) is 37.4 Å². The summed E-state index contributed by atoms with van der Waals surface area (Å²) in [6, 6.07) is 2.45. The number of nitrogens with zero attached hydrogens (tertiary/aromatic N) is 1. The highest BCUT2D eigenvalue weighted by molar-refractivity contribution is 7.89. The fourth-order valence-electron chi connectivity index (χ4n) is 3.04. The molecular formula is C19H26ClN3O6S. The van der Waals surface area contributed by atoms with E-state index in [1.54, 1.807) is 13.8 Å². The van der Waals surface area contributed by atoms with E-state index in [9.17, 15) is 23.1 Å². The van der Waals surface area contributed by atoms with Crippen molar-refractivity contribution in [1.82, 2.24) is 4.31 Å². The first-order valence-corrected chi connectivity index (χ1v) is 11.3. The van der Waals surface area contributed by atoms with Crippen molar-refractivity contribution >= 4 is 38.7 Å². The predicted molar refractivity (Wildman–Crippen MR) is 117 cm³/mol. The van der Waals surface area contributed by atoms with Crippen molar-refractivity contribution in [3.8, 4) is 5.75 Å². The van der Waals surface area contributed by atoms with Gasteiger partial charge in [-0.05, 0) is 18.6 Å². The molecule has 0 aliphatic carbocycles. The Morgan fingerprint density at radius 1 is 1.13 bits per heavy atom. The smallest absolute Gasteiger partial charge is 0.253 e. The summed E-state index contributed by atoms with van der Waals surface area (Å²) in [6.45, 7) is 5.93. The topological polar surface area (TPSA) is 125 Å². The van der Waals surface area contributed by atoms with Crippen LogP contribution >= 0.6 is 11.6 Å². The van der Waals surface area contributed by atoms with Crippen LogP contribution in [-0.2, 0) is 14.8 Å².